The minimum absolute atomic E-state index is 0.0509. The van der Waals surface area contributed by atoms with Crippen molar-refractivity contribution < 1.29 is 19.7 Å². The van der Waals surface area contributed by atoms with Gasteiger partial charge in [0.25, 0.3) is 2.86 Å². The van der Waals surface area contributed by atoms with Crippen LogP contribution in [-0.4, -0.2) is 48.5 Å². The molecule has 0 amide bonds. The van der Waals surface area contributed by atoms with Gasteiger partial charge in [-0.3, -0.25) is 9.69 Å². The smallest absolute Gasteiger partial charge is 0.293 e. The lowest BCUT2D eigenvalue weighted by molar-refractivity contribution is 0.0396. The van der Waals surface area contributed by atoms with E-state index in [9.17, 15) is 4.79 Å². The molecule has 2 N–H and O–H groups in total. The Bertz CT molecular complexity index is 1700. The van der Waals surface area contributed by atoms with Crippen LogP contribution in [0.3, 0.4) is 0 Å². The summed E-state index contributed by atoms with van der Waals surface area (Å²) in [6.07, 6.45) is 3.73. The number of hydrogen-bond donors (Lipinski definition) is 2. The molecule has 1 aliphatic heterocycles. The van der Waals surface area contributed by atoms with Crippen molar-refractivity contribution >= 4 is 27.2 Å². The van der Waals surface area contributed by atoms with Gasteiger partial charge in [-0.2, -0.15) is 0 Å². The lowest BCUT2D eigenvalue weighted by atomic mass is 9.90. The summed E-state index contributed by atoms with van der Waals surface area (Å²) in [7, 11) is 0. The molecule has 1 saturated heterocycles. The summed E-state index contributed by atoms with van der Waals surface area (Å²) >= 11 is 1.52. The molecule has 4 aromatic rings. The van der Waals surface area contributed by atoms with E-state index in [1.807, 2.05) is 65.0 Å². The van der Waals surface area contributed by atoms with Crippen LogP contribution < -0.4 is 4.74 Å². The van der Waals surface area contributed by atoms with Gasteiger partial charge in [-0.15, -0.1) is 11.3 Å². The lowest BCUT2D eigenvalue weighted by Crippen LogP contribution is -2.50. The van der Waals surface area contributed by atoms with E-state index in [0.29, 0.717) is 47.4 Å². The molecule has 0 aliphatic carbocycles. The third kappa shape index (κ3) is 5.31. The fourth-order valence-corrected chi connectivity index (χ4v) is 8.14. The van der Waals surface area contributed by atoms with Crippen LogP contribution in [0.25, 0.3) is 20.5 Å². The molecule has 5 nitrogen and oxygen atoms in total. The molecule has 0 bridgehead atoms. The summed E-state index contributed by atoms with van der Waals surface area (Å²) in [5.74, 6) is 1.68. The summed E-state index contributed by atoms with van der Waals surface area (Å²) < 4.78 is 22.2. The molecule has 2 heterocycles. The summed E-state index contributed by atoms with van der Waals surface area (Å²) in [5.41, 5.74) is 6.73. The maximum Gasteiger partial charge on any atom is 0.293 e. The second kappa shape index (κ2) is 11.7. The maximum atomic E-state index is 14.6. The fraction of sp³-hybridized carbons (Fsp3) is 0.417. The Morgan fingerprint density at radius 1 is 1.00 bits per heavy atom. The Morgan fingerprint density at radius 2 is 1.74 bits per heavy atom. The van der Waals surface area contributed by atoms with Crippen LogP contribution in [0.2, 0.25) is 0 Å². The number of carbonyl (C=O) groups is 1. The quantitative estimate of drug-likeness (QED) is 0.192. The molecule has 1 fully saturated rings. The number of carbonyl (C=O) groups excluding carboxylic acids is 1. The average molecular weight is 588 g/mol. The highest BCUT2D eigenvalue weighted by molar-refractivity contribution is 7.23. The molecule has 42 heavy (non-hydrogen) atoms. The van der Waals surface area contributed by atoms with E-state index in [1.54, 1.807) is 6.07 Å². The van der Waals surface area contributed by atoms with E-state index in [-0.39, 0.29) is 5.78 Å². The molecular weight excluding hydrogens is 542 g/mol. The van der Waals surface area contributed by atoms with Crippen molar-refractivity contribution in [3.8, 4) is 27.7 Å². The number of phenols is 2. The number of aryl methyl sites for hydroxylation is 2. The van der Waals surface area contributed by atoms with Gasteiger partial charge in [0.2, 0.25) is 0 Å². The van der Waals surface area contributed by atoms with Gasteiger partial charge < -0.3 is 15.0 Å². The topological polar surface area (TPSA) is 70.0 Å². The average Bonchev–Trinajstić information content (AvgIpc) is 3.38. The minimum atomic E-state index is -0.0509. The fourth-order valence-electron chi connectivity index (χ4n) is 6.76. The summed E-state index contributed by atoms with van der Waals surface area (Å²) in [6, 6.07) is 12.5. The Labute approximate surface area is 256 Å². The van der Waals surface area contributed by atoms with Crippen molar-refractivity contribution in [3.63, 3.8) is 0 Å². The van der Waals surface area contributed by atoms with Gasteiger partial charge >= 0.3 is 0 Å². The van der Waals surface area contributed by atoms with Crippen molar-refractivity contribution in [2.24, 2.45) is 0 Å². The predicted molar refractivity (Wildman–Crippen MR) is 174 cm³/mol. The second-order valence-corrected chi connectivity index (χ2v) is 13.3. The number of likely N-dealkylation sites (tertiary alicyclic amines) is 1. The van der Waals surface area contributed by atoms with Crippen LogP contribution in [0.4, 0.5) is 0 Å². The van der Waals surface area contributed by atoms with Crippen LogP contribution in [0, 0.1) is 34.6 Å². The number of hydrogen-bond acceptors (Lipinski definition) is 6. The number of fused-ring (bicyclic) bond motifs is 1. The van der Waals surface area contributed by atoms with Gasteiger partial charge in [0.1, 0.15) is 23.9 Å². The first kappa shape index (κ1) is 27.5. The number of nitrogens with zero attached hydrogens (tertiary/aromatic N) is 1. The summed E-state index contributed by atoms with van der Waals surface area (Å²) in [6.45, 7) is 17.4. The molecule has 222 valence electrons. The molecule has 1 aliphatic rings. The second-order valence-electron chi connectivity index (χ2n) is 12.2. The van der Waals surface area contributed by atoms with Crippen LogP contribution in [0.1, 0.15) is 83.8 Å². The maximum absolute atomic E-state index is 14.6. The standard InChI is InChI=1S/C36H43NO4S/c1-19-16-27(38)12-13-28(19)36-34(33-26(8)24(6)30(39)17-32(33)42-36)35(40)29-14-15-31(25(7)23(29)5)41-18-22(4)37-20(2)10-9-11-21(37)3/h12-17,20-22,38-39H,9-11,18H2,1-8H3/i/hD2. The highest BCUT2D eigenvalue weighted by Crippen LogP contribution is 2.45. The van der Waals surface area contributed by atoms with Crippen molar-refractivity contribution in [2.75, 3.05) is 6.61 Å². The highest BCUT2D eigenvalue weighted by Gasteiger charge is 2.30. The summed E-state index contributed by atoms with van der Waals surface area (Å²) in [4.78, 5) is 18.1. The Kier molecular flexibility index (Phi) is 7.68. The molecule has 0 saturated carbocycles. The van der Waals surface area contributed by atoms with E-state index in [1.165, 1.54) is 30.6 Å². The van der Waals surface area contributed by atoms with E-state index in [4.69, 9.17) is 17.8 Å². The zero-order valence-electron chi connectivity index (χ0n) is 28.0. The molecule has 0 radical (unpaired) electrons. The molecule has 1 aromatic heterocycles. The third-order valence-corrected chi connectivity index (χ3v) is 10.6. The molecule has 3 atom stereocenters. The number of rotatable bonds is 9. The summed E-state index contributed by atoms with van der Waals surface area (Å²) in [5, 5.41) is 10.5. The predicted octanol–water partition coefficient (Wildman–Crippen LogP) is 8.78. The van der Waals surface area contributed by atoms with Crippen LogP contribution in [0.5, 0.6) is 17.2 Å². The number of ether oxygens (including phenoxy) is 1. The molecule has 3 aromatic carbocycles. The molecule has 6 heteroatoms. The van der Waals surface area contributed by atoms with E-state index in [0.717, 1.165) is 54.1 Å². The number of thiophene rings is 1. The van der Waals surface area contributed by atoms with Crippen molar-refractivity contribution in [3.05, 3.63) is 75.3 Å². The van der Waals surface area contributed by atoms with Gasteiger partial charge in [0.05, 0.1) is 0 Å². The zero-order chi connectivity index (χ0) is 31.9. The first-order valence-electron chi connectivity index (χ1n) is 15.8. The van der Waals surface area contributed by atoms with E-state index >= 15 is 0 Å². The molecule has 5 rings (SSSR count). The van der Waals surface area contributed by atoms with Crippen molar-refractivity contribution in [1.29, 1.82) is 2.86 Å². The Hall–Kier alpha value is -3.35. The third-order valence-electron chi connectivity index (χ3n) is 9.41. The molecule has 0 spiro atoms. The van der Waals surface area contributed by atoms with Gasteiger partial charge in [-0.25, -0.2) is 0 Å². The number of ketones is 1. The van der Waals surface area contributed by atoms with E-state index in [2.05, 4.69) is 25.7 Å². The van der Waals surface area contributed by atoms with Crippen LogP contribution >= 0.6 is 11.3 Å². The largest absolute Gasteiger partial charge is 0.508 e. The lowest BCUT2D eigenvalue weighted by Gasteiger charge is -2.42. The Morgan fingerprint density at radius 3 is 2.40 bits per heavy atom. The van der Waals surface area contributed by atoms with Crippen LogP contribution in [-0.2, 0) is 0 Å². The monoisotopic (exact) mass is 587 g/mol. The SMILES string of the molecule is [2H]Oc1ccc(-c2sc3cc(O[2H])c(C)c(C)c3c2C(=O)c2ccc(OCC(C)N3C(C)CCCC3C)c(C)c2C)c(C)c1. The van der Waals surface area contributed by atoms with Crippen LogP contribution in [0.15, 0.2) is 36.4 Å². The van der Waals surface area contributed by atoms with E-state index < -0.39 is 0 Å². The van der Waals surface area contributed by atoms with Crippen molar-refractivity contribution in [2.45, 2.75) is 92.8 Å². The van der Waals surface area contributed by atoms with Gasteiger partial charge in [-0.1, -0.05) is 6.42 Å². The minimum Gasteiger partial charge on any atom is -0.508 e. The number of phenolic OH excluding ortho intramolecular Hbond substituents is 2. The number of piperidine rings is 1. The Balaban J connectivity index is 1.55. The first-order chi connectivity index (χ1) is 21.0. The normalized spacial score (nSPS) is 18.9. The molecular formula is C36H43NO4S. The molecule has 3 unspecified atom stereocenters. The van der Waals surface area contributed by atoms with Gasteiger partial charge in [0, 0.05) is 44.2 Å². The van der Waals surface area contributed by atoms with Gasteiger partial charge in [0.15, 0.2) is 5.78 Å². The van der Waals surface area contributed by atoms with Gasteiger partial charge in [-0.05, 0) is 138 Å². The zero-order valence-corrected chi connectivity index (χ0v) is 26.8. The van der Waals surface area contributed by atoms with Crippen molar-refractivity contribution in [1.82, 2.24) is 4.90 Å². The highest BCUT2D eigenvalue weighted by atomic mass is 32.1. The number of aromatic hydroxyl groups is 2. The number of benzene rings is 3. The first-order valence-corrected chi connectivity index (χ1v) is 15.8.